The fraction of sp³-hybridized carbons (Fsp3) is 0.467. The summed E-state index contributed by atoms with van der Waals surface area (Å²) in [5.41, 5.74) is 5.21. The lowest BCUT2D eigenvalue weighted by Gasteiger charge is -2.08. The van der Waals surface area contributed by atoms with Crippen molar-refractivity contribution in [3.8, 4) is 0 Å². The molecule has 0 heterocycles. The highest BCUT2D eigenvalue weighted by atomic mass is 32.1. The van der Waals surface area contributed by atoms with Gasteiger partial charge in [0.05, 0.1) is 6.21 Å². The molecule has 0 spiro atoms. The first kappa shape index (κ1) is 15.6. The Hall–Kier alpha value is -1.42. The fourth-order valence-corrected chi connectivity index (χ4v) is 1.60. The number of rotatable bonds is 5. The van der Waals surface area contributed by atoms with Crippen LogP contribution in [0.1, 0.15) is 44.7 Å². The van der Waals surface area contributed by atoms with Crippen molar-refractivity contribution >= 4 is 23.5 Å². The third kappa shape index (κ3) is 6.34. The predicted molar refractivity (Wildman–Crippen MR) is 86.7 cm³/mol. The molecule has 0 bridgehead atoms. The van der Waals surface area contributed by atoms with Crippen molar-refractivity contribution in [2.45, 2.75) is 33.6 Å². The molecule has 0 aliphatic rings. The molecule has 0 atom stereocenters. The lowest BCUT2D eigenvalue weighted by Crippen LogP contribution is -2.34. The predicted octanol–water partition coefficient (Wildman–Crippen LogP) is 3.26. The van der Waals surface area contributed by atoms with E-state index in [2.05, 4.69) is 67.8 Å². The number of benzene rings is 1. The largest absolute Gasteiger partial charge is 0.361 e. The maximum absolute atomic E-state index is 5.11. The molecule has 0 aliphatic heterocycles. The summed E-state index contributed by atoms with van der Waals surface area (Å²) in [5, 5.41) is 7.77. The van der Waals surface area contributed by atoms with E-state index in [0.717, 1.165) is 12.1 Å². The summed E-state index contributed by atoms with van der Waals surface area (Å²) in [6.07, 6.45) is 1.77. The van der Waals surface area contributed by atoms with Gasteiger partial charge in [-0.25, -0.2) is 0 Å². The summed E-state index contributed by atoms with van der Waals surface area (Å²) in [6.45, 7) is 9.49. The summed E-state index contributed by atoms with van der Waals surface area (Å²) in [6, 6.07) is 8.37. The van der Waals surface area contributed by atoms with Crippen molar-refractivity contribution in [2.75, 3.05) is 6.54 Å². The maximum atomic E-state index is 5.11. The highest BCUT2D eigenvalue weighted by molar-refractivity contribution is 7.80. The lowest BCUT2D eigenvalue weighted by molar-refractivity contribution is 0.621. The summed E-state index contributed by atoms with van der Waals surface area (Å²) < 4.78 is 0. The second kappa shape index (κ2) is 7.89. The van der Waals surface area contributed by atoms with E-state index in [1.165, 1.54) is 5.56 Å². The highest BCUT2D eigenvalue weighted by Gasteiger charge is 1.98. The normalized spacial score (nSPS) is 11.3. The van der Waals surface area contributed by atoms with Gasteiger partial charge in [-0.2, -0.15) is 5.10 Å². The first-order valence-corrected chi connectivity index (χ1v) is 7.06. The molecule has 0 aromatic heterocycles. The molecule has 2 N–H and O–H groups in total. The molecule has 0 amide bonds. The molecule has 1 aromatic rings. The molecule has 19 heavy (non-hydrogen) atoms. The van der Waals surface area contributed by atoms with Crippen molar-refractivity contribution in [2.24, 2.45) is 11.0 Å². The van der Waals surface area contributed by atoms with E-state index in [9.17, 15) is 0 Å². The summed E-state index contributed by atoms with van der Waals surface area (Å²) in [5.74, 6) is 1.12. The Balaban J connectivity index is 2.42. The quantitative estimate of drug-likeness (QED) is 0.493. The van der Waals surface area contributed by atoms with Crippen LogP contribution in [-0.2, 0) is 0 Å². The minimum atomic E-state index is 0.553. The highest BCUT2D eigenvalue weighted by Crippen LogP contribution is 2.13. The van der Waals surface area contributed by atoms with E-state index in [4.69, 9.17) is 12.2 Å². The second-order valence-electron chi connectivity index (χ2n) is 5.30. The molecule has 104 valence electrons. The Morgan fingerprint density at radius 1 is 1.21 bits per heavy atom. The average Bonchev–Trinajstić information content (AvgIpc) is 2.37. The molecular formula is C15H23N3S. The van der Waals surface area contributed by atoms with Gasteiger partial charge in [0, 0.05) is 6.54 Å². The first-order valence-electron chi connectivity index (χ1n) is 6.66. The van der Waals surface area contributed by atoms with Crippen LogP contribution in [0.4, 0.5) is 0 Å². The molecule has 1 aromatic carbocycles. The average molecular weight is 277 g/mol. The number of hydrogen-bond donors (Lipinski definition) is 2. The van der Waals surface area contributed by atoms with E-state index < -0.39 is 0 Å². The van der Waals surface area contributed by atoms with Crippen molar-refractivity contribution in [3.63, 3.8) is 0 Å². The van der Waals surface area contributed by atoms with E-state index in [0.29, 0.717) is 16.9 Å². The Kier molecular flexibility index (Phi) is 6.50. The monoisotopic (exact) mass is 277 g/mol. The number of nitrogens with zero attached hydrogens (tertiary/aromatic N) is 1. The van der Waals surface area contributed by atoms with Gasteiger partial charge in [0.1, 0.15) is 0 Å². The Morgan fingerprint density at radius 2 is 1.84 bits per heavy atom. The lowest BCUT2D eigenvalue weighted by atomic mass is 10.0. The van der Waals surface area contributed by atoms with E-state index in [1.807, 2.05) is 0 Å². The standard InChI is InChI=1S/C15H23N3S/c1-11(2)9-16-15(19)18-17-10-13-5-7-14(8-6-13)12(3)4/h5-8,10-12H,9H2,1-4H3,(H2,16,18,19). The van der Waals surface area contributed by atoms with Gasteiger partial charge in [0.2, 0.25) is 0 Å². The van der Waals surface area contributed by atoms with Gasteiger partial charge in [-0.1, -0.05) is 52.0 Å². The zero-order chi connectivity index (χ0) is 14.3. The third-order valence-electron chi connectivity index (χ3n) is 2.65. The van der Waals surface area contributed by atoms with Gasteiger partial charge in [0.25, 0.3) is 0 Å². The molecule has 3 nitrogen and oxygen atoms in total. The number of hydrazone groups is 1. The molecule has 0 saturated heterocycles. The van der Waals surface area contributed by atoms with Crippen LogP contribution in [0.25, 0.3) is 0 Å². The Bertz CT molecular complexity index is 422. The van der Waals surface area contributed by atoms with Crippen molar-refractivity contribution in [1.82, 2.24) is 10.7 Å². The summed E-state index contributed by atoms with van der Waals surface area (Å²) in [7, 11) is 0. The van der Waals surface area contributed by atoms with Crippen LogP contribution >= 0.6 is 12.2 Å². The Labute approximate surface area is 121 Å². The first-order chi connectivity index (χ1) is 8.99. The van der Waals surface area contributed by atoms with Crippen LogP contribution in [0.3, 0.4) is 0 Å². The van der Waals surface area contributed by atoms with Gasteiger partial charge >= 0.3 is 0 Å². The van der Waals surface area contributed by atoms with Crippen molar-refractivity contribution < 1.29 is 0 Å². The Morgan fingerprint density at radius 3 is 2.37 bits per heavy atom. The molecule has 0 unspecified atom stereocenters. The van der Waals surface area contributed by atoms with Gasteiger partial charge in [0.15, 0.2) is 5.11 Å². The molecule has 0 aliphatic carbocycles. The zero-order valence-corrected chi connectivity index (χ0v) is 12.9. The maximum Gasteiger partial charge on any atom is 0.186 e. The smallest absolute Gasteiger partial charge is 0.186 e. The molecular weight excluding hydrogens is 254 g/mol. The topological polar surface area (TPSA) is 36.4 Å². The summed E-state index contributed by atoms with van der Waals surface area (Å²) >= 11 is 5.11. The van der Waals surface area contributed by atoms with Gasteiger partial charge < -0.3 is 5.32 Å². The van der Waals surface area contributed by atoms with Crippen LogP contribution < -0.4 is 10.7 Å². The van der Waals surface area contributed by atoms with Crippen LogP contribution in [0.2, 0.25) is 0 Å². The van der Waals surface area contributed by atoms with Crippen LogP contribution in [0, 0.1) is 5.92 Å². The molecule has 0 saturated carbocycles. The second-order valence-corrected chi connectivity index (χ2v) is 5.70. The molecule has 4 heteroatoms. The molecule has 1 rings (SSSR count). The SMILES string of the molecule is CC(C)CNC(=S)NN=Cc1ccc(C(C)C)cc1. The van der Waals surface area contributed by atoms with Crippen LogP contribution in [-0.4, -0.2) is 17.9 Å². The number of thiocarbonyl (C=S) groups is 1. The summed E-state index contributed by atoms with van der Waals surface area (Å²) in [4.78, 5) is 0. The van der Waals surface area contributed by atoms with Crippen LogP contribution in [0.15, 0.2) is 29.4 Å². The number of hydrogen-bond acceptors (Lipinski definition) is 2. The van der Waals surface area contributed by atoms with Gasteiger partial charge in [-0.15, -0.1) is 0 Å². The van der Waals surface area contributed by atoms with Crippen molar-refractivity contribution in [1.29, 1.82) is 0 Å². The molecule has 0 fully saturated rings. The minimum Gasteiger partial charge on any atom is -0.361 e. The van der Waals surface area contributed by atoms with Crippen molar-refractivity contribution in [3.05, 3.63) is 35.4 Å². The van der Waals surface area contributed by atoms with E-state index in [-0.39, 0.29) is 0 Å². The van der Waals surface area contributed by atoms with E-state index in [1.54, 1.807) is 6.21 Å². The third-order valence-corrected chi connectivity index (χ3v) is 2.89. The zero-order valence-electron chi connectivity index (χ0n) is 12.1. The van der Waals surface area contributed by atoms with Crippen LogP contribution in [0.5, 0.6) is 0 Å². The minimum absolute atomic E-state index is 0.553. The van der Waals surface area contributed by atoms with Gasteiger partial charge in [-0.05, 0) is 35.2 Å². The fourth-order valence-electron chi connectivity index (χ4n) is 1.47. The van der Waals surface area contributed by atoms with E-state index >= 15 is 0 Å². The molecule has 0 radical (unpaired) electrons. The van der Waals surface area contributed by atoms with Gasteiger partial charge in [-0.3, -0.25) is 5.43 Å². The number of nitrogens with one attached hydrogen (secondary N) is 2.